The van der Waals surface area contributed by atoms with Crippen LogP contribution in [0.15, 0.2) is 27.4 Å². The standard InChI is InChI=1S/C20H25NO6/c1-5-11(3)18(20(24)25)21-16(22)10-26-15-8-7-14-13(6-2)9-17(23)27-19(14)12(15)4/h7-9,11,18H,5-6,10H2,1-4H3,(H,21,22)(H,24,25)/t11-,18+/m0/s1. The average Bonchev–Trinajstić information content (AvgIpc) is 2.64. The highest BCUT2D eigenvalue weighted by Gasteiger charge is 2.25. The van der Waals surface area contributed by atoms with Crippen molar-refractivity contribution < 1.29 is 23.8 Å². The summed E-state index contributed by atoms with van der Waals surface area (Å²) in [5.74, 6) is -1.39. The molecular weight excluding hydrogens is 350 g/mol. The molecule has 2 rings (SSSR count). The van der Waals surface area contributed by atoms with Crippen LogP contribution in [-0.4, -0.2) is 29.6 Å². The SMILES string of the molecule is CCc1cc(=O)oc2c(C)c(OCC(=O)N[C@@H](C(=O)O)[C@@H](C)CC)ccc12. The molecule has 1 heterocycles. The molecule has 0 bridgehead atoms. The Morgan fingerprint density at radius 3 is 2.59 bits per heavy atom. The van der Waals surface area contributed by atoms with E-state index in [4.69, 9.17) is 9.15 Å². The van der Waals surface area contributed by atoms with Gasteiger partial charge in [0.25, 0.3) is 5.91 Å². The Hall–Kier alpha value is -2.83. The predicted molar refractivity (Wildman–Crippen MR) is 101 cm³/mol. The normalized spacial score (nSPS) is 13.2. The number of nitrogens with one attached hydrogen (secondary N) is 1. The molecule has 0 aliphatic carbocycles. The van der Waals surface area contributed by atoms with E-state index in [0.717, 1.165) is 10.9 Å². The first-order valence-corrected chi connectivity index (χ1v) is 8.99. The Kier molecular flexibility index (Phi) is 6.60. The second kappa shape index (κ2) is 8.70. The van der Waals surface area contributed by atoms with Crippen LogP contribution >= 0.6 is 0 Å². The Balaban J connectivity index is 2.17. The number of ether oxygens (including phenoxy) is 1. The third-order valence-corrected chi connectivity index (χ3v) is 4.73. The number of carbonyl (C=O) groups excluding carboxylic acids is 1. The molecule has 0 spiro atoms. The maximum atomic E-state index is 12.1. The van der Waals surface area contributed by atoms with Crippen molar-refractivity contribution in [1.29, 1.82) is 0 Å². The third kappa shape index (κ3) is 4.67. The highest BCUT2D eigenvalue weighted by molar-refractivity contribution is 5.86. The van der Waals surface area contributed by atoms with Gasteiger partial charge in [0.05, 0.1) is 0 Å². The number of carboxylic acid groups (broad SMARTS) is 1. The van der Waals surface area contributed by atoms with E-state index in [1.807, 2.05) is 13.8 Å². The summed E-state index contributed by atoms with van der Waals surface area (Å²) in [6, 6.07) is 4.01. The van der Waals surface area contributed by atoms with Gasteiger partial charge in [-0.1, -0.05) is 27.2 Å². The van der Waals surface area contributed by atoms with Crippen LogP contribution in [0.2, 0.25) is 0 Å². The molecule has 0 fully saturated rings. The van der Waals surface area contributed by atoms with Crippen LogP contribution in [-0.2, 0) is 16.0 Å². The van der Waals surface area contributed by atoms with Crippen molar-refractivity contribution in [3.63, 3.8) is 0 Å². The zero-order valence-corrected chi connectivity index (χ0v) is 16.0. The molecule has 0 unspecified atom stereocenters. The molecule has 1 aromatic heterocycles. The van der Waals surface area contributed by atoms with Gasteiger partial charge in [0, 0.05) is 17.0 Å². The molecule has 0 saturated heterocycles. The summed E-state index contributed by atoms with van der Waals surface area (Å²) in [4.78, 5) is 35.2. The molecule has 2 atom stereocenters. The Morgan fingerprint density at radius 1 is 1.30 bits per heavy atom. The van der Waals surface area contributed by atoms with E-state index in [9.17, 15) is 19.5 Å². The number of benzene rings is 1. The fourth-order valence-corrected chi connectivity index (χ4v) is 2.90. The second-order valence-electron chi connectivity index (χ2n) is 6.57. The van der Waals surface area contributed by atoms with Crippen molar-refractivity contribution in [3.8, 4) is 5.75 Å². The van der Waals surface area contributed by atoms with Crippen molar-refractivity contribution in [2.75, 3.05) is 6.61 Å². The summed E-state index contributed by atoms with van der Waals surface area (Å²) in [7, 11) is 0. The Labute approximate surface area is 157 Å². The molecule has 0 aliphatic rings. The minimum Gasteiger partial charge on any atom is -0.483 e. The van der Waals surface area contributed by atoms with Gasteiger partial charge in [-0.2, -0.15) is 0 Å². The van der Waals surface area contributed by atoms with Gasteiger partial charge in [-0.05, 0) is 37.0 Å². The number of aryl methyl sites for hydroxylation is 2. The number of carboxylic acids is 1. The lowest BCUT2D eigenvalue weighted by Crippen LogP contribution is -2.46. The van der Waals surface area contributed by atoms with Gasteiger partial charge in [-0.3, -0.25) is 4.79 Å². The molecule has 2 aromatic rings. The highest BCUT2D eigenvalue weighted by atomic mass is 16.5. The number of hydrogen-bond acceptors (Lipinski definition) is 5. The van der Waals surface area contributed by atoms with E-state index in [1.54, 1.807) is 26.0 Å². The molecule has 0 aliphatic heterocycles. The molecule has 0 radical (unpaired) electrons. The summed E-state index contributed by atoms with van der Waals surface area (Å²) in [5, 5.41) is 12.6. The van der Waals surface area contributed by atoms with Gasteiger partial charge < -0.3 is 19.6 Å². The van der Waals surface area contributed by atoms with Gasteiger partial charge in [0.15, 0.2) is 6.61 Å². The highest BCUT2D eigenvalue weighted by Crippen LogP contribution is 2.28. The lowest BCUT2D eigenvalue weighted by Gasteiger charge is -2.20. The first-order valence-electron chi connectivity index (χ1n) is 8.99. The summed E-state index contributed by atoms with van der Waals surface area (Å²) < 4.78 is 10.9. The Bertz CT molecular complexity index is 901. The van der Waals surface area contributed by atoms with Crippen LogP contribution in [0.4, 0.5) is 0 Å². The molecule has 0 saturated carbocycles. The van der Waals surface area contributed by atoms with E-state index in [-0.39, 0.29) is 12.5 Å². The number of carbonyl (C=O) groups is 2. The largest absolute Gasteiger partial charge is 0.483 e. The van der Waals surface area contributed by atoms with E-state index < -0.39 is 23.5 Å². The van der Waals surface area contributed by atoms with Gasteiger partial charge in [0.2, 0.25) is 0 Å². The molecule has 1 aromatic carbocycles. The van der Waals surface area contributed by atoms with Crippen LogP contribution in [0.25, 0.3) is 11.0 Å². The summed E-state index contributed by atoms with van der Waals surface area (Å²) in [6.45, 7) is 7.00. The predicted octanol–water partition coefficient (Wildman–Crippen LogP) is 2.66. The summed E-state index contributed by atoms with van der Waals surface area (Å²) >= 11 is 0. The number of aliphatic carboxylic acids is 1. The fourth-order valence-electron chi connectivity index (χ4n) is 2.90. The van der Waals surface area contributed by atoms with Crippen molar-refractivity contribution in [2.24, 2.45) is 5.92 Å². The van der Waals surface area contributed by atoms with Crippen molar-refractivity contribution in [3.05, 3.63) is 39.7 Å². The van der Waals surface area contributed by atoms with Gasteiger partial charge in [-0.15, -0.1) is 0 Å². The van der Waals surface area contributed by atoms with Gasteiger partial charge in [-0.25, -0.2) is 9.59 Å². The number of fused-ring (bicyclic) bond motifs is 1. The number of hydrogen-bond donors (Lipinski definition) is 2. The quantitative estimate of drug-likeness (QED) is 0.687. The van der Waals surface area contributed by atoms with Crippen LogP contribution in [0, 0.1) is 12.8 Å². The zero-order chi connectivity index (χ0) is 20.1. The molecule has 7 heteroatoms. The van der Waals surface area contributed by atoms with Crippen LogP contribution in [0.3, 0.4) is 0 Å². The maximum absolute atomic E-state index is 12.1. The van der Waals surface area contributed by atoms with E-state index in [1.165, 1.54) is 6.07 Å². The fraction of sp³-hybridized carbons (Fsp3) is 0.450. The second-order valence-corrected chi connectivity index (χ2v) is 6.57. The minimum absolute atomic E-state index is 0.199. The number of amides is 1. The lowest BCUT2D eigenvalue weighted by atomic mass is 9.99. The van der Waals surface area contributed by atoms with Crippen LogP contribution in [0.1, 0.15) is 38.3 Å². The average molecular weight is 375 g/mol. The smallest absolute Gasteiger partial charge is 0.336 e. The van der Waals surface area contributed by atoms with Crippen molar-refractivity contribution in [2.45, 2.75) is 46.6 Å². The lowest BCUT2D eigenvalue weighted by molar-refractivity contribution is -0.143. The van der Waals surface area contributed by atoms with Gasteiger partial charge in [0.1, 0.15) is 17.4 Å². The topological polar surface area (TPSA) is 106 Å². The Morgan fingerprint density at radius 2 is 2.00 bits per heavy atom. The first kappa shape index (κ1) is 20.5. The van der Waals surface area contributed by atoms with Crippen LogP contribution in [0.5, 0.6) is 5.75 Å². The number of rotatable bonds is 8. The van der Waals surface area contributed by atoms with Crippen molar-refractivity contribution >= 4 is 22.8 Å². The summed E-state index contributed by atoms with van der Waals surface area (Å²) in [6.07, 6.45) is 1.32. The van der Waals surface area contributed by atoms with E-state index in [2.05, 4.69) is 5.32 Å². The zero-order valence-electron chi connectivity index (χ0n) is 16.0. The van der Waals surface area contributed by atoms with E-state index >= 15 is 0 Å². The minimum atomic E-state index is -1.08. The summed E-state index contributed by atoms with van der Waals surface area (Å²) in [5.41, 5.74) is 1.49. The third-order valence-electron chi connectivity index (χ3n) is 4.73. The maximum Gasteiger partial charge on any atom is 0.336 e. The molecule has 1 amide bonds. The van der Waals surface area contributed by atoms with Gasteiger partial charge >= 0.3 is 11.6 Å². The molecule has 146 valence electrons. The van der Waals surface area contributed by atoms with Crippen molar-refractivity contribution in [1.82, 2.24) is 5.32 Å². The molecule has 2 N–H and O–H groups in total. The monoisotopic (exact) mass is 375 g/mol. The van der Waals surface area contributed by atoms with E-state index in [0.29, 0.717) is 29.7 Å². The molecule has 7 nitrogen and oxygen atoms in total. The van der Waals surface area contributed by atoms with Crippen LogP contribution < -0.4 is 15.7 Å². The first-order chi connectivity index (χ1) is 12.8. The molecular formula is C20H25NO6. The molecule has 27 heavy (non-hydrogen) atoms.